The molecule has 0 aliphatic carbocycles. The van der Waals surface area contributed by atoms with Gasteiger partial charge >= 0.3 is 0 Å². The van der Waals surface area contributed by atoms with Crippen molar-refractivity contribution in [3.05, 3.63) is 114 Å². The molecular weight excluding hydrogens is 413 g/mol. The second kappa shape index (κ2) is 10.2. The van der Waals surface area contributed by atoms with Gasteiger partial charge in [0.15, 0.2) is 0 Å². The van der Waals surface area contributed by atoms with Gasteiger partial charge in [0.25, 0.3) is 0 Å². The van der Waals surface area contributed by atoms with Gasteiger partial charge in [0.05, 0.1) is 12.7 Å². The minimum atomic E-state index is -0.204. The highest BCUT2D eigenvalue weighted by molar-refractivity contribution is 5.89. The Kier molecular flexibility index (Phi) is 6.66. The van der Waals surface area contributed by atoms with Crippen LogP contribution in [-0.4, -0.2) is 19.2 Å². The molecule has 0 aromatic heterocycles. The smallest absolute Gasteiger partial charge is 0.127 e. The number of rotatable bonds is 7. The number of piperidine rings is 1. The van der Waals surface area contributed by atoms with E-state index in [1.54, 1.807) is 0 Å². The zero-order valence-corrected chi connectivity index (χ0v) is 18.5. The lowest BCUT2D eigenvalue weighted by molar-refractivity contribution is 0.0106. The first-order valence-corrected chi connectivity index (χ1v) is 11.5. The molecule has 1 aliphatic rings. The fourth-order valence-electron chi connectivity index (χ4n) is 4.57. The van der Waals surface area contributed by atoms with Crippen molar-refractivity contribution < 1.29 is 13.9 Å². The van der Waals surface area contributed by atoms with Crippen molar-refractivity contribution in [3.8, 4) is 5.75 Å². The summed E-state index contributed by atoms with van der Waals surface area (Å²) in [5, 5.41) is 5.67. The zero-order chi connectivity index (χ0) is 22.5. The summed E-state index contributed by atoms with van der Waals surface area (Å²) in [6, 6.07) is 29.6. The van der Waals surface area contributed by atoms with E-state index in [9.17, 15) is 4.39 Å². The predicted molar refractivity (Wildman–Crippen MR) is 130 cm³/mol. The van der Waals surface area contributed by atoms with Crippen molar-refractivity contribution in [2.45, 2.75) is 31.7 Å². The van der Waals surface area contributed by atoms with Gasteiger partial charge in [-0.2, -0.15) is 0 Å². The number of ether oxygens (including phenoxy) is 2. The number of hydrogen-bond donors (Lipinski definition) is 1. The summed E-state index contributed by atoms with van der Waals surface area (Å²) in [7, 11) is 0. The Labute approximate surface area is 194 Å². The van der Waals surface area contributed by atoms with Crippen molar-refractivity contribution >= 4 is 10.8 Å². The van der Waals surface area contributed by atoms with Crippen LogP contribution in [0.4, 0.5) is 4.39 Å². The van der Waals surface area contributed by atoms with Crippen LogP contribution in [0.3, 0.4) is 0 Å². The molecule has 1 saturated heterocycles. The van der Waals surface area contributed by atoms with Gasteiger partial charge in [-0.3, -0.25) is 0 Å². The van der Waals surface area contributed by atoms with Gasteiger partial charge in [-0.15, -0.1) is 0 Å². The molecule has 0 saturated carbocycles. The highest BCUT2D eigenvalue weighted by atomic mass is 19.1. The first kappa shape index (κ1) is 21.6. The molecule has 0 spiro atoms. The lowest BCUT2D eigenvalue weighted by Crippen LogP contribution is -2.40. The average molecular weight is 442 g/mol. The van der Waals surface area contributed by atoms with Crippen molar-refractivity contribution in [2.24, 2.45) is 0 Å². The summed E-state index contributed by atoms with van der Waals surface area (Å²) < 4.78 is 26.1. The van der Waals surface area contributed by atoms with Gasteiger partial charge in [-0.1, -0.05) is 66.7 Å². The third-order valence-electron chi connectivity index (χ3n) is 6.31. The minimum absolute atomic E-state index is 0.0318. The molecular formula is C29H28FNO2. The van der Waals surface area contributed by atoms with Gasteiger partial charge < -0.3 is 14.8 Å². The second-order valence-corrected chi connectivity index (χ2v) is 8.59. The van der Waals surface area contributed by atoms with Crippen molar-refractivity contribution in [3.63, 3.8) is 0 Å². The SMILES string of the molecule is Fc1ccc(C2CCNCC2OCc2cc(OCc3ccccc3)c3ccccc3c2)cc1. The maximum absolute atomic E-state index is 13.4. The molecule has 4 heteroatoms. The molecule has 3 nitrogen and oxygen atoms in total. The van der Waals surface area contributed by atoms with Gasteiger partial charge in [-0.05, 0) is 59.3 Å². The van der Waals surface area contributed by atoms with Crippen LogP contribution < -0.4 is 10.1 Å². The van der Waals surface area contributed by atoms with Crippen LogP contribution in [0.5, 0.6) is 5.75 Å². The van der Waals surface area contributed by atoms with E-state index < -0.39 is 0 Å². The van der Waals surface area contributed by atoms with E-state index in [0.717, 1.165) is 52.7 Å². The van der Waals surface area contributed by atoms with Crippen LogP contribution in [0.15, 0.2) is 91.0 Å². The lowest BCUT2D eigenvalue weighted by Gasteiger charge is -2.32. The fraction of sp³-hybridized carbons (Fsp3) is 0.241. The van der Waals surface area contributed by atoms with Crippen molar-refractivity contribution in [2.75, 3.05) is 13.1 Å². The fourth-order valence-corrected chi connectivity index (χ4v) is 4.57. The maximum atomic E-state index is 13.4. The molecule has 0 amide bonds. The summed E-state index contributed by atoms with van der Waals surface area (Å²) in [4.78, 5) is 0. The van der Waals surface area contributed by atoms with E-state index in [2.05, 4.69) is 41.7 Å². The monoisotopic (exact) mass is 441 g/mol. The third-order valence-corrected chi connectivity index (χ3v) is 6.31. The normalized spacial score (nSPS) is 18.3. The summed E-state index contributed by atoms with van der Waals surface area (Å²) in [5.74, 6) is 0.915. The summed E-state index contributed by atoms with van der Waals surface area (Å²) in [6.07, 6.45) is 1.00. The molecule has 1 N–H and O–H groups in total. The van der Waals surface area contributed by atoms with Gasteiger partial charge in [0.2, 0.25) is 0 Å². The van der Waals surface area contributed by atoms with E-state index in [1.807, 2.05) is 42.5 Å². The number of fused-ring (bicyclic) bond motifs is 1. The zero-order valence-electron chi connectivity index (χ0n) is 18.5. The van der Waals surface area contributed by atoms with Gasteiger partial charge in [0.1, 0.15) is 18.2 Å². The predicted octanol–water partition coefficient (Wildman–Crippen LogP) is 6.22. The first-order chi connectivity index (χ1) is 16.3. The van der Waals surface area contributed by atoms with E-state index in [4.69, 9.17) is 9.47 Å². The van der Waals surface area contributed by atoms with Crippen LogP contribution in [-0.2, 0) is 18.0 Å². The van der Waals surface area contributed by atoms with Crippen LogP contribution in [0.25, 0.3) is 10.8 Å². The van der Waals surface area contributed by atoms with E-state index in [1.165, 1.54) is 12.1 Å². The van der Waals surface area contributed by atoms with Crippen LogP contribution in [0.1, 0.15) is 29.0 Å². The number of nitrogens with one attached hydrogen (secondary N) is 1. The number of benzene rings is 4. The summed E-state index contributed by atoms with van der Waals surface area (Å²) in [6.45, 7) is 2.74. The Morgan fingerprint density at radius 2 is 1.61 bits per heavy atom. The minimum Gasteiger partial charge on any atom is -0.488 e. The second-order valence-electron chi connectivity index (χ2n) is 8.59. The molecule has 33 heavy (non-hydrogen) atoms. The topological polar surface area (TPSA) is 30.5 Å². The molecule has 5 rings (SSSR count). The molecule has 1 aliphatic heterocycles. The Morgan fingerprint density at radius 1 is 0.818 bits per heavy atom. The van der Waals surface area contributed by atoms with E-state index >= 15 is 0 Å². The van der Waals surface area contributed by atoms with Gasteiger partial charge in [-0.25, -0.2) is 4.39 Å². The highest BCUT2D eigenvalue weighted by Crippen LogP contribution is 2.31. The molecule has 1 fully saturated rings. The molecule has 168 valence electrons. The van der Waals surface area contributed by atoms with Crippen LogP contribution in [0, 0.1) is 5.82 Å². The van der Waals surface area contributed by atoms with Gasteiger partial charge in [0, 0.05) is 17.8 Å². The van der Waals surface area contributed by atoms with Crippen LogP contribution in [0.2, 0.25) is 0 Å². The maximum Gasteiger partial charge on any atom is 0.127 e. The van der Waals surface area contributed by atoms with Crippen molar-refractivity contribution in [1.82, 2.24) is 5.32 Å². The number of hydrogen-bond acceptors (Lipinski definition) is 3. The van der Waals surface area contributed by atoms with E-state index in [-0.39, 0.29) is 17.8 Å². The molecule has 4 aromatic carbocycles. The first-order valence-electron chi connectivity index (χ1n) is 11.5. The standard InChI is InChI=1S/C29H28FNO2/c30-25-12-10-23(11-13-25)27-14-15-31-18-29(27)33-20-22-16-24-8-4-5-9-26(24)28(17-22)32-19-21-6-2-1-3-7-21/h1-13,16-17,27,29,31H,14-15,18-20H2. The Morgan fingerprint density at radius 3 is 2.45 bits per heavy atom. The largest absolute Gasteiger partial charge is 0.488 e. The average Bonchev–Trinajstić information content (AvgIpc) is 2.87. The van der Waals surface area contributed by atoms with Crippen LogP contribution >= 0.6 is 0 Å². The molecule has 0 radical (unpaired) electrons. The van der Waals surface area contributed by atoms with E-state index in [0.29, 0.717) is 13.2 Å². The molecule has 1 heterocycles. The quantitative estimate of drug-likeness (QED) is 0.369. The lowest BCUT2D eigenvalue weighted by atomic mass is 9.88. The molecule has 2 atom stereocenters. The highest BCUT2D eigenvalue weighted by Gasteiger charge is 2.27. The third kappa shape index (κ3) is 5.24. The molecule has 4 aromatic rings. The Hall–Kier alpha value is -3.21. The summed E-state index contributed by atoms with van der Waals surface area (Å²) in [5.41, 5.74) is 3.35. The Bertz CT molecular complexity index is 1190. The number of halogens is 1. The molecule has 0 bridgehead atoms. The van der Waals surface area contributed by atoms with Crippen molar-refractivity contribution in [1.29, 1.82) is 0 Å². The Balaban J connectivity index is 1.34. The summed E-state index contributed by atoms with van der Waals surface area (Å²) >= 11 is 0. The molecule has 2 unspecified atom stereocenters.